The van der Waals surface area contributed by atoms with Gasteiger partial charge in [-0.05, 0) is 24.1 Å². The highest BCUT2D eigenvalue weighted by Gasteiger charge is 2.19. The summed E-state index contributed by atoms with van der Waals surface area (Å²) >= 11 is 0. The van der Waals surface area contributed by atoms with Crippen LogP contribution in [-0.2, 0) is 0 Å². The lowest BCUT2D eigenvalue weighted by Crippen LogP contribution is -2.37. The summed E-state index contributed by atoms with van der Waals surface area (Å²) in [6, 6.07) is 4.60. The molecule has 16 heavy (non-hydrogen) atoms. The van der Waals surface area contributed by atoms with Crippen molar-refractivity contribution in [1.29, 1.82) is 0 Å². The Bertz CT molecular complexity index is 331. The van der Waals surface area contributed by atoms with Crippen molar-refractivity contribution >= 4 is 13.3 Å². The van der Waals surface area contributed by atoms with Crippen LogP contribution in [0, 0.1) is 0 Å². The van der Waals surface area contributed by atoms with E-state index in [9.17, 15) is 0 Å². The molecule has 88 valence electrons. The monoisotopic (exact) mass is 233 g/mol. The van der Waals surface area contributed by atoms with Crippen LogP contribution in [0.2, 0.25) is 19.6 Å². The largest absolute Gasteiger partial charge is 0.261 e. The van der Waals surface area contributed by atoms with E-state index in [0.717, 1.165) is 5.92 Å². The zero-order chi connectivity index (χ0) is 11.6. The second kappa shape index (κ2) is 4.70. The van der Waals surface area contributed by atoms with Gasteiger partial charge in [-0.25, -0.2) is 0 Å². The molecule has 0 saturated heterocycles. The highest BCUT2D eigenvalue weighted by molar-refractivity contribution is 6.88. The van der Waals surface area contributed by atoms with Gasteiger partial charge in [0.1, 0.15) is 0 Å². The summed E-state index contributed by atoms with van der Waals surface area (Å²) in [5.74, 6) is 0.740. The Hall–Kier alpha value is -0.633. The van der Waals surface area contributed by atoms with Crippen LogP contribution in [0.25, 0.3) is 0 Å². The van der Waals surface area contributed by atoms with E-state index in [1.54, 1.807) is 0 Å². The van der Waals surface area contributed by atoms with Crippen molar-refractivity contribution in [2.45, 2.75) is 57.7 Å². The van der Waals surface area contributed by atoms with Crippen LogP contribution in [0.4, 0.5) is 0 Å². The van der Waals surface area contributed by atoms with Crippen LogP contribution >= 0.6 is 0 Å². The fraction of sp³-hybridized carbons (Fsp3) is 0.643. The molecule has 1 aromatic heterocycles. The van der Waals surface area contributed by atoms with Crippen LogP contribution in [0.1, 0.15) is 43.7 Å². The molecule has 0 atom stereocenters. The van der Waals surface area contributed by atoms with Gasteiger partial charge in [0.05, 0.1) is 8.07 Å². The Morgan fingerprint density at radius 2 is 1.75 bits per heavy atom. The Morgan fingerprint density at radius 3 is 2.25 bits per heavy atom. The van der Waals surface area contributed by atoms with Gasteiger partial charge in [0.2, 0.25) is 0 Å². The molecule has 0 aromatic carbocycles. The lowest BCUT2D eigenvalue weighted by atomic mass is 9.87. The number of aromatic nitrogens is 1. The van der Waals surface area contributed by atoms with Crippen LogP contribution < -0.4 is 5.19 Å². The Morgan fingerprint density at radius 1 is 1.06 bits per heavy atom. The quantitative estimate of drug-likeness (QED) is 0.710. The van der Waals surface area contributed by atoms with Gasteiger partial charge in [0, 0.05) is 17.8 Å². The zero-order valence-electron chi connectivity index (χ0n) is 10.8. The number of rotatable bonds is 2. The molecule has 0 radical (unpaired) electrons. The number of pyridine rings is 1. The molecule has 1 fully saturated rings. The van der Waals surface area contributed by atoms with Gasteiger partial charge in [-0.1, -0.05) is 45.0 Å². The molecule has 1 saturated carbocycles. The van der Waals surface area contributed by atoms with E-state index in [1.165, 1.54) is 43.0 Å². The normalized spacial score (nSPS) is 18.7. The van der Waals surface area contributed by atoms with E-state index in [4.69, 9.17) is 4.98 Å². The molecule has 0 unspecified atom stereocenters. The van der Waals surface area contributed by atoms with Crippen molar-refractivity contribution in [1.82, 2.24) is 4.98 Å². The molecule has 1 heterocycles. The fourth-order valence-corrected chi connectivity index (χ4v) is 3.52. The van der Waals surface area contributed by atoms with Gasteiger partial charge in [0.15, 0.2) is 0 Å². The topological polar surface area (TPSA) is 12.9 Å². The van der Waals surface area contributed by atoms with E-state index in [0.29, 0.717) is 0 Å². The maximum Gasteiger partial charge on any atom is 0.0796 e. The SMILES string of the molecule is C[Si](C)(C)c1ccc(C2CCCCC2)nc1. The van der Waals surface area contributed by atoms with Crippen LogP contribution in [0.3, 0.4) is 0 Å². The number of nitrogens with zero attached hydrogens (tertiary/aromatic N) is 1. The van der Waals surface area contributed by atoms with Crippen molar-refractivity contribution in [2.24, 2.45) is 0 Å². The van der Waals surface area contributed by atoms with Crippen molar-refractivity contribution in [2.75, 3.05) is 0 Å². The minimum atomic E-state index is -1.17. The first kappa shape index (κ1) is 11.8. The summed E-state index contributed by atoms with van der Waals surface area (Å²) in [6.45, 7) is 7.14. The third kappa shape index (κ3) is 2.73. The Balaban J connectivity index is 2.12. The van der Waals surface area contributed by atoms with E-state index >= 15 is 0 Å². The number of hydrogen-bond acceptors (Lipinski definition) is 1. The third-order valence-electron chi connectivity index (χ3n) is 3.68. The van der Waals surface area contributed by atoms with Gasteiger partial charge < -0.3 is 0 Å². The molecule has 0 aliphatic heterocycles. The third-order valence-corrected chi connectivity index (χ3v) is 5.70. The van der Waals surface area contributed by atoms with E-state index in [-0.39, 0.29) is 0 Å². The fourth-order valence-electron chi connectivity index (χ4n) is 2.49. The van der Waals surface area contributed by atoms with Gasteiger partial charge >= 0.3 is 0 Å². The minimum Gasteiger partial charge on any atom is -0.261 e. The second-order valence-electron chi connectivity index (χ2n) is 6.06. The first-order chi connectivity index (χ1) is 7.57. The van der Waals surface area contributed by atoms with Crippen molar-refractivity contribution in [3.05, 3.63) is 24.0 Å². The first-order valence-electron chi connectivity index (χ1n) is 6.54. The summed E-state index contributed by atoms with van der Waals surface area (Å²) in [4.78, 5) is 4.70. The summed E-state index contributed by atoms with van der Waals surface area (Å²) in [5, 5.41) is 1.48. The molecule has 0 amide bonds. The van der Waals surface area contributed by atoms with Gasteiger partial charge in [-0.3, -0.25) is 4.98 Å². The molecule has 2 heteroatoms. The van der Waals surface area contributed by atoms with Crippen LogP contribution in [0.15, 0.2) is 18.3 Å². The van der Waals surface area contributed by atoms with Gasteiger partial charge in [-0.2, -0.15) is 0 Å². The van der Waals surface area contributed by atoms with Crippen LogP contribution in [-0.4, -0.2) is 13.1 Å². The molecule has 1 aliphatic rings. The molecule has 0 bridgehead atoms. The Kier molecular flexibility index (Phi) is 3.48. The first-order valence-corrected chi connectivity index (χ1v) is 10.0. The van der Waals surface area contributed by atoms with E-state index in [1.807, 2.05) is 0 Å². The predicted octanol–water partition coefficient (Wildman–Crippen LogP) is 3.67. The molecule has 1 nitrogen and oxygen atoms in total. The summed E-state index contributed by atoms with van der Waals surface area (Å²) in [7, 11) is -1.17. The maximum atomic E-state index is 4.70. The van der Waals surface area contributed by atoms with Crippen molar-refractivity contribution < 1.29 is 0 Å². The smallest absolute Gasteiger partial charge is 0.0796 e. The number of hydrogen-bond donors (Lipinski definition) is 0. The molecule has 0 N–H and O–H groups in total. The summed E-state index contributed by atoms with van der Waals surface area (Å²) in [5.41, 5.74) is 1.33. The lowest BCUT2D eigenvalue weighted by molar-refractivity contribution is 0.437. The molecule has 1 aliphatic carbocycles. The zero-order valence-corrected chi connectivity index (χ0v) is 11.8. The highest BCUT2D eigenvalue weighted by Crippen LogP contribution is 2.31. The maximum absolute atomic E-state index is 4.70. The lowest BCUT2D eigenvalue weighted by Gasteiger charge is -2.22. The molecule has 2 rings (SSSR count). The average molecular weight is 233 g/mol. The van der Waals surface area contributed by atoms with Crippen molar-refractivity contribution in [3.63, 3.8) is 0 Å². The molecule has 0 spiro atoms. The average Bonchev–Trinajstić information content (AvgIpc) is 2.29. The van der Waals surface area contributed by atoms with Crippen LogP contribution in [0.5, 0.6) is 0 Å². The Labute approximate surface area is 100 Å². The second-order valence-corrected chi connectivity index (χ2v) is 11.1. The minimum absolute atomic E-state index is 0.740. The van der Waals surface area contributed by atoms with Crippen molar-refractivity contribution in [3.8, 4) is 0 Å². The molecular weight excluding hydrogens is 210 g/mol. The standard InChI is InChI=1S/C14H23NSi/c1-16(2,3)13-9-10-14(15-11-13)12-7-5-4-6-8-12/h9-12H,4-8H2,1-3H3. The predicted molar refractivity (Wildman–Crippen MR) is 73.0 cm³/mol. The summed E-state index contributed by atoms with van der Waals surface area (Å²) in [6.07, 6.45) is 9.03. The highest BCUT2D eigenvalue weighted by atomic mass is 28.3. The molecule has 1 aromatic rings. The van der Waals surface area contributed by atoms with E-state index in [2.05, 4.69) is 38.0 Å². The van der Waals surface area contributed by atoms with Gasteiger partial charge in [-0.15, -0.1) is 0 Å². The summed E-state index contributed by atoms with van der Waals surface area (Å²) < 4.78 is 0. The molecular formula is C14H23NSi. The van der Waals surface area contributed by atoms with Gasteiger partial charge in [0.25, 0.3) is 0 Å². The van der Waals surface area contributed by atoms with E-state index < -0.39 is 8.07 Å².